The standard InChI is InChI=1S/C16H21N3O/c1-13(2)15-11-16(19-12-18-15)17-9-6-10-20-14-7-4-3-5-8-14/h3-5,7-8,11-13H,6,9-10H2,1-2H3,(H,17,18,19). The zero-order valence-electron chi connectivity index (χ0n) is 12.0. The van der Waals surface area contributed by atoms with Crippen molar-refractivity contribution in [2.75, 3.05) is 18.5 Å². The SMILES string of the molecule is CC(C)c1cc(NCCCOc2ccccc2)ncn1. The van der Waals surface area contributed by atoms with E-state index < -0.39 is 0 Å². The monoisotopic (exact) mass is 271 g/mol. The third-order valence-corrected chi connectivity index (χ3v) is 2.92. The minimum Gasteiger partial charge on any atom is -0.494 e. The molecule has 2 aromatic rings. The molecule has 0 saturated carbocycles. The van der Waals surface area contributed by atoms with Gasteiger partial charge in [-0.25, -0.2) is 9.97 Å². The van der Waals surface area contributed by atoms with Crippen LogP contribution in [0.2, 0.25) is 0 Å². The van der Waals surface area contributed by atoms with Gasteiger partial charge in [0.1, 0.15) is 17.9 Å². The summed E-state index contributed by atoms with van der Waals surface area (Å²) in [4.78, 5) is 8.46. The van der Waals surface area contributed by atoms with E-state index in [1.807, 2.05) is 36.4 Å². The number of hydrogen-bond acceptors (Lipinski definition) is 4. The van der Waals surface area contributed by atoms with Crippen LogP contribution in [0, 0.1) is 0 Å². The summed E-state index contributed by atoms with van der Waals surface area (Å²) in [6, 6.07) is 11.9. The Labute approximate surface area is 120 Å². The first-order valence-corrected chi connectivity index (χ1v) is 6.99. The molecule has 1 aromatic carbocycles. The predicted molar refractivity (Wildman–Crippen MR) is 81.2 cm³/mol. The fourth-order valence-corrected chi connectivity index (χ4v) is 1.78. The number of anilines is 1. The second-order valence-electron chi connectivity index (χ2n) is 4.92. The smallest absolute Gasteiger partial charge is 0.129 e. The van der Waals surface area contributed by atoms with Gasteiger partial charge in [0.25, 0.3) is 0 Å². The van der Waals surface area contributed by atoms with E-state index in [0.717, 1.165) is 30.2 Å². The topological polar surface area (TPSA) is 47.0 Å². The Morgan fingerprint density at radius 3 is 2.70 bits per heavy atom. The first kappa shape index (κ1) is 14.3. The summed E-state index contributed by atoms with van der Waals surface area (Å²) in [5.41, 5.74) is 1.06. The van der Waals surface area contributed by atoms with Crippen molar-refractivity contribution in [1.82, 2.24) is 9.97 Å². The van der Waals surface area contributed by atoms with E-state index in [-0.39, 0.29) is 0 Å². The molecule has 0 bridgehead atoms. The molecule has 4 nitrogen and oxygen atoms in total. The highest BCUT2D eigenvalue weighted by Crippen LogP contribution is 2.13. The summed E-state index contributed by atoms with van der Waals surface area (Å²) >= 11 is 0. The first-order valence-electron chi connectivity index (χ1n) is 6.99. The van der Waals surface area contributed by atoms with Crippen LogP contribution in [0.25, 0.3) is 0 Å². The molecule has 0 spiro atoms. The Morgan fingerprint density at radius 1 is 1.15 bits per heavy atom. The van der Waals surface area contributed by atoms with Crippen LogP contribution in [0.5, 0.6) is 5.75 Å². The summed E-state index contributed by atoms with van der Waals surface area (Å²) in [5, 5.41) is 3.30. The zero-order valence-corrected chi connectivity index (χ0v) is 12.0. The molecule has 1 heterocycles. The molecule has 0 fully saturated rings. The summed E-state index contributed by atoms with van der Waals surface area (Å²) < 4.78 is 5.63. The molecule has 20 heavy (non-hydrogen) atoms. The molecular formula is C16H21N3O. The third kappa shape index (κ3) is 4.53. The van der Waals surface area contributed by atoms with Crippen molar-refractivity contribution in [2.45, 2.75) is 26.2 Å². The van der Waals surface area contributed by atoms with Crippen LogP contribution in [-0.4, -0.2) is 23.1 Å². The third-order valence-electron chi connectivity index (χ3n) is 2.92. The van der Waals surface area contributed by atoms with Gasteiger partial charge in [-0.05, 0) is 24.5 Å². The number of aromatic nitrogens is 2. The molecule has 1 aromatic heterocycles. The molecule has 0 atom stereocenters. The maximum Gasteiger partial charge on any atom is 0.129 e. The molecule has 0 aliphatic rings. The maximum atomic E-state index is 5.63. The highest BCUT2D eigenvalue weighted by atomic mass is 16.5. The van der Waals surface area contributed by atoms with E-state index in [1.165, 1.54) is 0 Å². The quantitative estimate of drug-likeness (QED) is 0.783. The van der Waals surface area contributed by atoms with E-state index in [9.17, 15) is 0 Å². The van der Waals surface area contributed by atoms with E-state index in [1.54, 1.807) is 6.33 Å². The van der Waals surface area contributed by atoms with Gasteiger partial charge in [0.15, 0.2) is 0 Å². The number of benzene rings is 1. The Bertz CT molecular complexity index is 514. The van der Waals surface area contributed by atoms with Gasteiger partial charge in [-0.15, -0.1) is 0 Å². The number of rotatable bonds is 7. The van der Waals surface area contributed by atoms with Gasteiger partial charge >= 0.3 is 0 Å². The number of para-hydroxylation sites is 1. The van der Waals surface area contributed by atoms with Crippen LogP contribution in [0.3, 0.4) is 0 Å². The molecule has 0 amide bonds. The number of nitrogens with one attached hydrogen (secondary N) is 1. The molecule has 106 valence electrons. The Kier molecular flexibility index (Phi) is 5.35. The van der Waals surface area contributed by atoms with Gasteiger partial charge in [0.05, 0.1) is 6.61 Å². The van der Waals surface area contributed by atoms with Crippen molar-refractivity contribution in [3.05, 3.63) is 48.4 Å². The van der Waals surface area contributed by atoms with Gasteiger partial charge < -0.3 is 10.1 Å². The lowest BCUT2D eigenvalue weighted by Crippen LogP contribution is -2.09. The highest BCUT2D eigenvalue weighted by Gasteiger charge is 2.02. The molecule has 0 aliphatic carbocycles. The van der Waals surface area contributed by atoms with E-state index in [0.29, 0.717) is 12.5 Å². The van der Waals surface area contributed by atoms with Gasteiger partial charge in [0, 0.05) is 18.3 Å². The average molecular weight is 271 g/mol. The summed E-state index contributed by atoms with van der Waals surface area (Å²) in [6.07, 6.45) is 2.54. The Balaban J connectivity index is 1.69. The van der Waals surface area contributed by atoms with Crippen molar-refractivity contribution in [3.8, 4) is 5.75 Å². The van der Waals surface area contributed by atoms with Crippen LogP contribution in [0.1, 0.15) is 31.9 Å². The van der Waals surface area contributed by atoms with Crippen LogP contribution in [0.15, 0.2) is 42.7 Å². The first-order chi connectivity index (χ1) is 9.75. The van der Waals surface area contributed by atoms with Crippen LogP contribution in [0.4, 0.5) is 5.82 Å². The van der Waals surface area contributed by atoms with Crippen molar-refractivity contribution in [3.63, 3.8) is 0 Å². The van der Waals surface area contributed by atoms with Crippen molar-refractivity contribution >= 4 is 5.82 Å². The molecule has 0 radical (unpaired) electrons. The molecule has 0 aliphatic heterocycles. The van der Waals surface area contributed by atoms with Crippen LogP contribution in [-0.2, 0) is 0 Å². The van der Waals surface area contributed by atoms with E-state index >= 15 is 0 Å². The lowest BCUT2D eigenvalue weighted by Gasteiger charge is -2.09. The van der Waals surface area contributed by atoms with Crippen molar-refractivity contribution in [1.29, 1.82) is 0 Å². The summed E-state index contributed by atoms with van der Waals surface area (Å²) in [6.45, 7) is 5.78. The van der Waals surface area contributed by atoms with Crippen LogP contribution >= 0.6 is 0 Å². The lowest BCUT2D eigenvalue weighted by molar-refractivity contribution is 0.315. The molecular weight excluding hydrogens is 250 g/mol. The molecule has 1 N–H and O–H groups in total. The highest BCUT2D eigenvalue weighted by molar-refractivity contribution is 5.35. The van der Waals surface area contributed by atoms with Gasteiger partial charge in [-0.2, -0.15) is 0 Å². The minimum atomic E-state index is 0.417. The summed E-state index contributed by atoms with van der Waals surface area (Å²) in [7, 11) is 0. The predicted octanol–water partition coefficient (Wildman–Crippen LogP) is 3.48. The molecule has 4 heteroatoms. The molecule has 0 unspecified atom stereocenters. The zero-order chi connectivity index (χ0) is 14.2. The number of nitrogens with zero attached hydrogens (tertiary/aromatic N) is 2. The Morgan fingerprint density at radius 2 is 1.95 bits per heavy atom. The fraction of sp³-hybridized carbons (Fsp3) is 0.375. The van der Waals surface area contributed by atoms with Gasteiger partial charge in [-0.1, -0.05) is 32.0 Å². The number of hydrogen-bond donors (Lipinski definition) is 1. The van der Waals surface area contributed by atoms with Gasteiger partial charge in [0.2, 0.25) is 0 Å². The van der Waals surface area contributed by atoms with E-state index in [2.05, 4.69) is 29.1 Å². The second-order valence-corrected chi connectivity index (χ2v) is 4.92. The summed E-state index contributed by atoms with van der Waals surface area (Å²) in [5.74, 6) is 2.21. The molecule has 2 rings (SSSR count). The fourth-order valence-electron chi connectivity index (χ4n) is 1.78. The van der Waals surface area contributed by atoms with Crippen LogP contribution < -0.4 is 10.1 Å². The minimum absolute atomic E-state index is 0.417. The number of ether oxygens (including phenoxy) is 1. The normalized spacial score (nSPS) is 10.6. The lowest BCUT2D eigenvalue weighted by atomic mass is 10.1. The molecule has 0 saturated heterocycles. The van der Waals surface area contributed by atoms with Gasteiger partial charge in [-0.3, -0.25) is 0 Å². The maximum absolute atomic E-state index is 5.63. The van der Waals surface area contributed by atoms with Crippen molar-refractivity contribution in [2.24, 2.45) is 0 Å². The average Bonchev–Trinajstić information content (AvgIpc) is 2.48. The van der Waals surface area contributed by atoms with Crippen molar-refractivity contribution < 1.29 is 4.74 Å². The largest absolute Gasteiger partial charge is 0.494 e. The van der Waals surface area contributed by atoms with E-state index in [4.69, 9.17) is 4.74 Å². The Hall–Kier alpha value is -2.10. The second kappa shape index (κ2) is 7.48.